The van der Waals surface area contributed by atoms with Gasteiger partial charge in [0.25, 0.3) is 0 Å². The third-order valence-corrected chi connectivity index (χ3v) is 1.70. The molecule has 0 amide bonds. The van der Waals surface area contributed by atoms with E-state index in [-0.39, 0.29) is 12.1 Å². The molecule has 1 aliphatic carbocycles. The highest BCUT2D eigenvalue weighted by Gasteiger charge is 2.15. The fraction of sp³-hybridized carbons (Fsp3) is 0.750. The van der Waals surface area contributed by atoms with Crippen molar-refractivity contribution >= 4 is 5.97 Å². The molecule has 57 valence electrons. The maximum absolute atomic E-state index is 10.5. The van der Waals surface area contributed by atoms with Crippen LogP contribution in [0.4, 0.5) is 0 Å². The number of hydrogen-bond donors (Lipinski definition) is 0. The monoisotopic (exact) mass is 141 g/mol. The Kier molecular flexibility index (Phi) is 2.72. The third-order valence-electron chi connectivity index (χ3n) is 1.70. The van der Waals surface area contributed by atoms with Crippen molar-refractivity contribution in [3.8, 4) is 0 Å². The first kappa shape index (κ1) is 7.58. The molecule has 1 radical (unpaired) electrons. The maximum Gasteiger partial charge on any atom is 0.302 e. The van der Waals surface area contributed by atoms with Crippen LogP contribution in [-0.2, 0) is 9.53 Å². The second kappa shape index (κ2) is 3.59. The Balaban J connectivity index is 2.19. The van der Waals surface area contributed by atoms with Crippen LogP contribution in [0.25, 0.3) is 0 Å². The summed E-state index contributed by atoms with van der Waals surface area (Å²) in [4.78, 5) is 10.5. The van der Waals surface area contributed by atoms with Gasteiger partial charge in [-0.3, -0.25) is 4.79 Å². The Hall–Kier alpha value is -0.530. The molecule has 0 spiro atoms. The van der Waals surface area contributed by atoms with Crippen molar-refractivity contribution in [1.82, 2.24) is 0 Å². The van der Waals surface area contributed by atoms with Gasteiger partial charge in [0.2, 0.25) is 0 Å². The van der Waals surface area contributed by atoms with Gasteiger partial charge in [0.15, 0.2) is 0 Å². The van der Waals surface area contributed by atoms with Gasteiger partial charge in [-0.1, -0.05) is 0 Å². The molecule has 0 unspecified atom stereocenters. The second-order valence-electron chi connectivity index (χ2n) is 2.69. The Bertz CT molecular complexity index is 114. The summed E-state index contributed by atoms with van der Waals surface area (Å²) in [6.07, 6.45) is 6.69. The summed E-state index contributed by atoms with van der Waals surface area (Å²) in [7, 11) is 0. The maximum atomic E-state index is 10.5. The van der Waals surface area contributed by atoms with Gasteiger partial charge in [-0.05, 0) is 32.1 Å². The lowest BCUT2D eigenvalue weighted by Gasteiger charge is -2.20. The molecule has 0 saturated heterocycles. The van der Waals surface area contributed by atoms with Crippen LogP contribution in [0, 0.1) is 6.42 Å². The number of carbonyl (C=O) groups is 1. The first-order chi connectivity index (χ1) is 4.79. The summed E-state index contributed by atoms with van der Waals surface area (Å²) in [5, 5.41) is 0. The van der Waals surface area contributed by atoms with Crippen molar-refractivity contribution in [1.29, 1.82) is 0 Å². The van der Waals surface area contributed by atoms with Gasteiger partial charge in [0, 0.05) is 6.92 Å². The van der Waals surface area contributed by atoms with Gasteiger partial charge in [-0.25, -0.2) is 0 Å². The zero-order chi connectivity index (χ0) is 7.40. The quantitative estimate of drug-likeness (QED) is 0.519. The van der Waals surface area contributed by atoms with Gasteiger partial charge < -0.3 is 4.74 Å². The predicted octanol–water partition coefficient (Wildman–Crippen LogP) is 1.70. The molecule has 0 aromatic heterocycles. The Morgan fingerprint density at radius 3 is 3.00 bits per heavy atom. The number of carbonyl (C=O) groups excluding carboxylic acids is 1. The topological polar surface area (TPSA) is 26.3 Å². The zero-order valence-electron chi connectivity index (χ0n) is 6.30. The molecular formula is C8H13O2. The molecule has 0 bridgehead atoms. The van der Waals surface area contributed by atoms with Crippen molar-refractivity contribution in [2.75, 3.05) is 0 Å². The van der Waals surface area contributed by atoms with E-state index in [9.17, 15) is 4.79 Å². The van der Waals surface area contributed by atoms with Crippen LogP contribution in [-0.4, -0.2) is 12.1 Å². The largest absolute Gasteiger partial charge is 0.463 e. The minimum Gasteiger partial charge on any atom is -0.463 e. The summed E-state index contributed by atoms with van der Waals surface area (Å²) < 4.78 is 5.02. The lowest BCUT2D eigenvalue weighted by molar-refractivity contribution is -0.147. The van der Waals surface area contributed by atoms with E-state index in [4.69, 9.17) is 4.74 Å². The van der Waals surface area contributed by atoms with Gasteiger partial charge in [0.1, 0.15) is 6.10 Å². The van der Waals surface area contributed by atoms with Gasteiger partial charge in [0.05, 0.1) is 0 Å². The normalized spacial score (nSPS) is 20.5. The molecule has 2 heteroatoms. The average Bonchev–Trinajstić information content (AvgIpc) is 1.88. The average molecular weight is 141 g/mol. The SMILES string of the molecule is CC(=O)O[C@@H]1C[CH]CCC1. The molecule has 2 nitrogen and oxygen atoms in total. The van der Waals surface area contributed by atoms with E-state index >= 15 is 0 Å². The van der Waals surface area contributed by atoms with Crippen molar-refractivity contribution in [2.24, 2.45) is 0 Å². The Labute approximate surface area is 61.6 Å². The van der Waals surface area contributed by atoms with E-state index in [2.05, 4.69) is 6.42 Å². The third kappa shape index (κ3) is 2.38. The van der Waals surface area contributed by atoms with E-state index in [0.29, 0.717) is 0 Å². The van der Waals surface area contributed by atoms with E-state index < -0.39 is 0 Å². The molecular weight excluding hydrogens is 128 g/mol. The van der Waals surface area contributed by atoms with Crippen LogP contribution in [0.5, 0.6) is 0 Å². The molecule has 1 atom stereocenters. The lowest BCUT2D eigenvalue weighted by atomic mass is 9.98. The molecule has 1 saturated carbocycles. The first-order valence-electron chi connectivity index (χ1n) is 3.78. The Morgan fingerprint density at radius 1 is 1.70 bits per heavy atom. The lowest BCUT2D eigenvalue weighted by Crippen LogP contribution is -2.19. The molecule has 0 aromatic rings. The summed E-state index contributed by atoms with van der Waals surface area (Å²) >= 11 is 0. The van der Waals surface area contributed by atoms with Crippen LogP contribution in [0.2, 0.25) is 0 Å². The number of rotatable bonds is 1. The predicted molar refractivity (Wildman–Crippen MR) is 38.3 cm³/mol. The molecule has 1 aliphatic rings. The zero-order valence-corrected chi connectivity index (χ0v) is 6.30. The molecule has 0 aliphatic heterocycles. The fourth-order valence-electron chi connectivity index (χ4n) is 1.25. The van der Waals surface area contributed by atoms with Crippen molar-refractivity contribution in [3.63, 3.8) is 0 Å². The molecule has 0 N–H and O–H groups in total. The standard InChI is InChI=1S/C8H13O2/c1-7(9)10-8-5-3-2-4-6-8/h3,8H,2,4-6H2,1H3/t8-/m1/s1. The number of ether oxygens (including phenoxy) is 1. The van der Waals surface area contributed by atoms with Crippen molar-refractivity contribution < 1.29 is 9.53 Å². The molecule has 1 rings (SSSR count). The minimum atomic E-state index is -0.152. The van der Waals surface area contributed by atoms with Crippen LogP contribution in [0.3, 0.4) is 0 Å². The highest BCUT2D eigenvalue weighted by molar-refractivity contribution is 5.66. The van der Waals surface area contributed by atoms with Crippen molar-refractivity contribution in [2.45, 2.75) is 38.7 Å². The summed E-state index contributed by atoms with van der Waals surface area (Å²) in [5.41, 5.74) is 0. The summed E-state index contributed by atoms with van der Waals surface area (Å²) in [6.45, 7) is 1.47. The van der Waals surface area contributed by atoms with Crippen LogP contribution < -0.4 is 0 Å². The van der Waals surface area contributed by atoms with Gasteiger partial charge in [-0.2, -0.15) is 0 Å². The van der Waals surface area contributed by atoms with Crippen LogP contribution >= 0.6 is 0 Å². The smallest absolute Gasteiger partial charge is 0.302 e. The second-order valence-corrected chi connectivity index (χ2v) is 2.69. The summed E-state index contributed by atoms with van der Waals surface area (Å²) in [5.74, 6) is -0.152. The van der Waals surface area contributed by atoms with E-state index in [1.165, 1.54) is 13.3 Å². The highest BCUT2D eigenvalue weighted by atomic mass is 16.5. The van der Waals surface area contributed by atoms with Gasteiger partial charge in [-0.15, -0.1) is 0 Å². The molecule has 10 heavy (non-hydrogen) atoms. The minimum absolute atomic E-state index is 0.152. The summed E-state index contributed by atoms with van der Waals surface area (Å²) in [6, 6.07) is 0. The first-order valence-corrected chi connectivity index (χ1v) is 3.78. The van der Waals surface area contributed by atoms with Crippen LogP contribution in [0.15, 0.2) is 0 Å². The van der Waals surface area contributed by atoms with Crippen molar-refractivity contribution in [3.05, 3.63) is 6.42 Å². The molecule has 0 heterocycles. The fourth-order valence-corrected chi connectivity index (χ4v) is 1.25. The molecule has 1 fully saturated rings. The van der Waals surface area contributed by atoms with E-state index in [1.807, 2.05) is 0 Å². The number of esters is 1. The van der Waals surface area contributed by atoms with E-state index in [1.54, 1.807) is 0 Å². The Morgan fingerprint density at radius 2 is 2.50 bits per heavy atom. The van der Waals surface area contributed by atoms with Gasteiger partial charge >= 0.3 is 5.97 Å². The highest BCUT2D eigenvalue weighted by Crippen LogP contribution is 2.19. The van der Waals surface area contributed by atoms with E-state index in [0.717, 1.165) is 19.3 Å². The molecule has 0 aromatic carbocycles. The number of hydrogen-bond acceptors (Lipinski definition) is 2. The van der Waals surface area contributed by atoms with Crippen LogP contribution in [0.1, 0.15) is 32.6 Å².